The third-order valence-corrected chi connectivity index (χ3v) is 3.62. The van der Waals surface area contributed by atoms with Crippen molar-refractivity contribution in [2.45, 2.75) is 72.1 Å². The summed E-state index contributed by atoms with van der Waals surface area (Å²) in [6.07, 6.45) is 13.0. The van der Waals surface area contributed by atoms with Gasteiger partial charge >= 0.3 is 0 Å². The van der Waals surface area contributed by atoms with Crippen molar-refractivity contribution in [2.24, 2.45) is 5.92 Å². The Morgan fingerprint density at radius 2 is 1.44 bits per heavy atom. The van der Waals surface area contributed by atoms with Crippen LogP contribution in [0.3, 0.4) is 0 Å². The van der Waals surface area contributed by atoms with Crippen molar-refractivity contribution in [2.75, 3.05) is 5.33 Å². The van der Waals surface area contributed by atoms with Gasteiger partial charge in [-0.1, -0.05) is 81.3 Å². The molecular formula is C15H31Br. The Morgan fingerprint density at radius 1 is 1.00 bits per heavy atom. The van der Waals surface area contributed by atoms with Crippen LogP contribution in [0.2, 0.25) is 0 Å². The van der Waals surface area contributed by atoms with Gasteiger partial charge in [-0.25, -0.2) is 0 Å². The molecule has 16 heavy (non-hydrogen) atoms. The van der Waals surface area contributed by atoms with Gasteiger partial charge in [-0.3, -0.25) is 0 Å². The largest absolute Gasteiger partial charge is 0.103 e. The smallest absolute Gasteiger partial charge is 0.00544 e. The van der Waals surface area contributed by atoms with E-state index in [9.17, 15) is 0 Å². The molecule has 0 aromatic heterocycles. The second-order valence-electron chi connectivity index (χ2n) is 4.75. The molecule has 0 fully saturated rings. The minimum absolute atomic E-state index is 0.801. The normalized spacial score (nSPS) is 9.81. The van der Waals surface area contributed by atoms with Gasteiger partial charge in [-0.15, -0.1) is 6.58 Å². The molecule has 0 atom stereocenters. The molecule has 0 saturated carbocycles. The first-order chi connectivity index (χ1) is 7.68. The first kappa shape index (κ1) is 18.6. The quantitative estimate of drug-likeness (QED) is 0.264. The molecule has 1 heteroatoms. The van der Waals surface area contributed by atoms with Crippen molar-refractivity contribution in [3.8, 4) is 0 Å². The number of rotatable bonds is 9. The molecular weight excluding hydrogens is 260 g/mol. The summed E-state index contributed by atoms with van der Waals surface area (Å²) in [5, 5.41) is 1.12. The highest BCUT2D eigenvalue weighted by Gasteiger charge is 1.88. The molecule has 0 aliphatic heterocycles. The summed E-state index contributed by atoms with van der Waals surface area (Å²) in [4.78, 5) is 0. The molecule has 0 rings (SSSR count). The highest BCUT2D eigenvalue weighted by atomic mass is 79.9. The number of halogens is 1. The number of allylic oxidation sites excluding steroid dienone is 1. The summed E-state index contributed by atoms with van der Waals surface area (Å²) in [5.74, 6) is 0.801. The summed E-state index contributed by atoms with van der Waals surface area (Å²) < 4.78 is 0. The summed E-state index contributed by atoms with van der Waals surface area (Å²) >= 11 is 3.31. The van der Waals surface area contributed by atoms with Crippen LogP contribution < -0.4 is 0 Å². The summed E-state index contributed by atoms with van der Waals surface area (Å²) in [6.45, 7) is 10.3. The standard InChI is InChI=1S/C11H22.C4H9Br/c1-3-5-7-9-11-10-8-6-4-2;1-4(2)3-5/h3H,1,4-11H2,2H3;4H,3H2,1-2H3. The summed E-state index contributed by atoms with van der Waals surface area (Å²) in [7, 11) is 0. The zero-order valence-corrected chi connectivity index (χ0v) is 13.2. The van der Waals surface area contributed by atoms with Gasteiger partial charge in [0.15, 0.2) is 0 Å². The first-order valence-corrected chi connectivity index (χ1v) is 7.98. The van der Waals surface area contributed by atoms with Crippen LogP contribution in [0.15, 0.2) is 12.7 Å². The van der Waals surface area contributed by atoms with E-state index in [1.165, 1.54) is 51.4 Å². The molecule has 0 heterocycles. The molecule has 0 aromatic carbocycles. The van der Waals surface area contributed by atoms with Crippen LogP contribution in [-0.4, -0.2) is 5.33 Å². The fourth-order valence-corrected chi connectivity index (χ4v) is 1.25. The molecule has 0 unspecified atom stereocenters. The summed E-state index contributed by atoms with van der Waals surface area (Å²) in [6, 6.07) is 0. The van der Waals surface area contributed by atoms with Gasteiger partial charge in [0.1, 0.15) is 0 Å². The minimum atomic E-state index is 0.801. The van der Waals surface area contributed by atoms with E-state index in [2.05, 4.69) is 43.3 Å². The van der Waals surface area contributed by atoms with Crippen LogP contribution in [0.5, 0.6) is 0 Å². The van der Waals surface area contributed by atoms with Crippen molar-refractivity contribution in [3.05, 3.63) is 12.7 Å². The molecule has 0 saturated heterocycles. The molecule has 0 aliphatic carbocycles. The van der Waals surface area contributed by atoms with Crippen molar-refractivity contribution < 1.29 is 0 Å². The average molecular weight is 291 g/mol. The molecule has 0 radical (unpaired) electrons. The monoisotopic (exact) mass is 290 g/mol. The summed E-state index contributed by atoms with van der Waals surface area (Å²) in [5.41, 5.74) is 0. The zero-order chi connectivity index (χ0) is 12.6. The third-order valence-electron chi connectivity index (χ3n) is 2.32. The lowest BCUT2D eigenvalue weighted by Crippen LogP contribution is -1.82. The van der Waals surface area contributed by atoms with Gasteiger partial charge in [0.05, 0.1) is 0 Å². The number of unbranched alkanes of at least 4 members (excludes halogenated alkanes) is 7. The van der Waals surface area contributed by atoms with Gasteiger partial charge in [0.2, 0.25) is 0 Å². The predicted octanol–water partition coefficient (Wildman–Crippen LogP) is 6.35. The van der Waals surface area contributed by atoms with Crippen molar-refractivity contribution in [1.29, 1.82) is 0 Å². The molecule has 0 N–H and O–H groups in total. The van der Waals surface area contributed by atoms with E-state index in [0.717, 1.165) is 11.2 Å². The van der Waals surface area contributed by atoms with Gasteiger partial charge < -0.3 is 0 Å². The van der Waals surface area contributed by atoms with Gasteiger partial charge in [-0.2, -0.15) is 0 Å². The average Bonchev–Trinajstić information content (AvgIpc) is 2.29. The van der Waals surface area contributed by atoms with E-state index < -0.39 is 0 Å². The van der Waals surface area contributed by atoms with Crippen molar-refractivity contribution >= 4 is 15.9 Å². The number of hydrogen-bond donors (Lipinski definition) is 0. The fraction of sp³-hybridized carbons (Fsp3) is 0.867. The fourth-order valence-electron chi connectivity index (χ4n) is 1.25. The van der Waals surface area contributed by atoms with Crippen LogP contribution in [0, 0.1) is 5.92 Å². The molecule has 0 aliphatic rings. The van der Waals surface area contributed by atoms with E-state index in [1.54, 1.807) is 0 Å². The van der Waals surface area contributed by atoms with Gasteiger partial charge in [-0.05, 0) is 18.8 Å². The van der Waals surface area contributed by atoms with E-state index in [0.29, 0.717) is 0 Å². The second kappa shape index (κ2) is 17.6. The van der Waals surface area contributed by atoms with E-state index in [4.69, 9.17) is 0 Å². The molecule has 0 nitrogen and oxygen atoms in total. The SMILES string of the molecule is C=CCCCCCCCCC.CC(C)CBr. The van der Waals surface area contributed by atoms with Crippen molar-refractivity contribution in [1.82, 2.24) is 0 Å². The third kappa shape index (κ3) is 23.8. The lowest BCUT2D eigenvalue weighted by molar-refractivity contribution is 0.592. The van der Waals surface area contributed by atoms with E-state index in [-0.39, 0.29) is 0 Å². The Bertz CT molecular complexity index is 119. The lowest BCUT2D eigenvalue weighted by Gasteiger charge is -1.98. The molecule has 0 aromatic rings. The first-order valence-electron chi connectivity index (χ1n) is 6.85. The Balaban J connectivity index is 0. The van der Waals surface area contributed by atoms with Crippen molar-refractivity contribution in [3.63, 3.8) is 0 Å². The zero-order valence-electron chi connectivity index (χ0n) is 11.6. The maximum Gasteiger partial charge on any atom is 0.00544 e. The van der Waals surface area contributed by atoms with Gasteiger partial charge in [0.25, 0.3) is 0 Å². The molecule has 0 bridgehead atoms. The molecule has 98 valence electrons. The van der Waals surface area contributed by atoms with Crippen LogP contribution in [0.25, 0.3) is 0 Å². The minimum Gasteiger partial charge on any atom is -0.103 e. The highest BCUT2D eigenvalue weighted by molar-refractivity contribution is 9.09. The number of alkyl halides is 1. The predicted molar refractivity (Wildman–Crippen MR) is 81.4 cm³/mol. The van der Waals surface area contributed by atoms with E-state index >= 15 is 0 Å². The molecule has 0 amide bonds. The Labute approximate surface area is 112 Å². The Hall–Kier alpha value is 0.220. The Kier molecular flexibility index (Phi) is 20.5. The highest BCUT2D eigenvalue weighted by Crippen LogP contribution is 2.07. The molecule has 0 spiro atoms. The van der Waals surface area contributed by atoms with Crippen LogP contribution in [-0.2, 0) is 0 Å². The van der Waals surface area contributed by atoms with E-state index in [1.807, 2.05) is 6.08 Å². The van der Waals surface area contributed by atoms with Crippen LogP contribution >= 0.6 is 15.9 Å². The topological polar surface area (TPSA) is 0 Å². The van der Waals surface area contributed by atoms with Crippen LogP contribution in [0.4, 0.5) is 0 Å². The number of hydrogen-bond acceptors (Lipinski definition) is 0. The second-order valence-corrected chi connectivity index (χ2v) is 5.39. The lowest BCUT2D eigenvalue weighted by atomic mass is 10.1. The van der Waals surface area contributed by atoms with Gasteiger partial charge in [0, 0.05) is 5.33 Å². The maximum absolute atomic E-state index is 3.71. The Morgan fingerprint density at radius 3 is 1.81 bits per heavy atom. The maximum atomic E-state index is 3.71. The van der Waals surface area contributed by atoms with Crippen LogP contribution in [0.1, 0.15) is 72.1 Å².